The molecule has 0 bridgehead atoms. The van der Waals surface area contributed by atoms with Gasteiger partial charge in [0.1, 0.15) is 22.1 Å². The maximum Gasteiger partial charge on any atom is 0.689 e. The molecule has 30 heavy (non-hydrogen) atoms. The van der Waals surface area contributed by atoms with Crippen molar-refractivity contribution in [1.29, 1.82) is 0 Å². The summed E-state index contributed by atoms with van der Waals surface area (Å²) in [6.45, 7) is 0. The smallest absolute Gasteiger partial charge is 0.382 e. The molecule has 2 aromatic heterocycles. The Bertz CT molecular complexity index is 1320. The van der Waals surface area contributed by atoms with Crippen molar-refractivity contribution in [3.63, 3.8) is 0 Å². The van der Waals surface area contributed by atoms with Gasteiger partial charge in [-0.1, -0.05) is 57.7 Å². The van der Waals surface area contributed by atoms with Crippen molar-refractivity contribution in [3.05, 3.63) is 77.8 Å². The number of nitrogens with zero attached hydrogens (tertiary/aromatic N) is 6. The molecule has 5 aromatic rings. The van der Waals surface area contributed by atoms with Crippen molar-refractivity contribution in [2.75, 3.05) is 0 Å². The minimum Gasteiger partial charge on any atom is -0.382 e. The molecule has 150 valence electrons. The Hall–Kier alpha value is -3.62. The van der Waals surface area contributed by atoms with Crippen molar-refractivity contribution in [1.82, 2.24) is 30.3 Å². The van der Waals surface area contributed by atoms with E-state index in [-0.39, 0.29) is 10.8 Å². The molecule has 0 radical (unpaired) electrons. The van der Waals surface area contributed by atoms with Crippen LogP contribution in [0.5, 0.6) is 5.75 Å². The number of hydrogen-bond donors (Lipinski definition) is 0. The van der Waals surface area contributed by atoms with Crippen LogP contribution in [0.2, 0.25) is 5.02 Å². The topological polar surface area (TPSA) is 106 Å². The predicted octanol–water partition coefficient (Wildman–Crippen LogP) is 3.57. The molecular formula is C18H12ClN6O4P. The first-order valence-electron chi connectivity index (χ1n) is 8.67. The second kappa shape index (κ2) is 7.33. The summed E-state index contributed by atoms with van der Waals surface area (Å²) in [5, 5.41) is 15.9. The van der Waals surface area contributed by atoms with E-state index in [4.69, 9.17) is 25.4 Å². The van der Waals surface area contributed by atoms with Gasteiger partial charge in [0.05, 0.1) is 5.02 Å². The largest absolute Gasteiger partial charge is 0.689 e. The molecule has 3 aromatic carbocycles. The van der Waals surface area contributed by atoms with E-state index in [1.165, 1.54) is 6.07 Å². The first kappa shape index (κ1) is 18.4. The van der Waals surface area contributed by atoms with E-state index >= 15 is 0 Å². The molecule has 10 nitrogen and oxygen atoms in total. The second-order valence-corrected chi connectivity index (χ2v) is 7.85. The maximum atomic E-state index is 13.7. The van der Waals surface area contributed by atoms with E-state index in [2.05, 4.69) is 20.6 Å². The zero-order valence-corrected chi connectivity index (χ0v) is 16.7. The van der Waals surface area contributed by atoms with Crippen LogP contribution in [0.1, 0.15) is 0 Å². The van der Waals surface area contributed by atoms with Gasteiger partial charge in [-0.25, -0.2) is 0 Å². The lowest BCUT2D eigenvalue weighted by Crippen LogP contribution is -2.23. The highest BCUT2D eigenvalue weighted by Gasteiger charge is 2.38. The summed E-state index contributed by atoms with van der Waals surface area (Å²) in [6.07, 6.45) is 0. The lowest BCUT2D eigenvalue weighted by Gasteiger charge is -2.18. The molecule has 5 rings (SSSR count). The molecule has 0 fully saturated rings. The molecule has 0 spiro atoms. The molecule has 0 atom stereocenters. The number of fused-ring (bicyclic) bond motifs is 2. The molecule has 0 aliphatic heterocycles. The van der Waals surface area contributed by atoms with Crippen molar-refractivity contribution in [2.24, 2.45) is 0 Å². The molecule has 0 aliphatic rings. The van der Waals surface area contributed by atoms with Crippen molar-refractivity contribution in [2.45, 2.75) is 0 Å². The van der Waals surface area contributed by atoms with Crippen LogP contribution in [0.3, 0.4) is 0 Å². The quantitative estimate of drug-likeness (QED) is 0.367. The molecule has 0 saturated carbocycles. The van der Waals surface area contributed by atoms with Crippen molar-refractivity contribution >= 4 is 41.5 Å². The summed E-state index contributed by atoms with van der Waals surface area (Å²) >= 11 is 6.16. The minimum atomic E-state index is -4.42. The first-order valence-corrected chi connectivity index (χ1v) is 10.5. The molecule has 0 aliphatic carbocycles. The zero-order chi connectivity index (χ0) is 20.6. The molecule has 12 heteroatoms. The van der Waals surface area contributed by atoms with E-state index in [1.807, 2.05) is 0 Å². The number of hydrogen-bond acceptors (Lipinski definition) is 8. The highest BCUT2D eigenvalue weighted by atomic mass is 35.5. The van der Waals surface area contributed by atoms with Gasteiger partial charge in [0.2, 0.25) is 0 Å². The summed E-state index contributed by atoms with van der Waals surface area (Å²) in [7, 11) is -4.42. The fourth-order valence-corrected chi connectivity index (χ4v) is 4.04. The van der Waals surface area contributed by atoms with Gasteiger partial charge in [0.25, 0.3) is 0 Å². The molecule has 0 unspecified atom stereocenters. The lowest BCUT2D eigenvalue weighted by molar-refractivity contribution is 0.110. The number of para-hydroxylation sites is 3. The Morgan fingerprint density at radius 3 is 1.80 bits per heavy atom. The Balaban J connectivity index is 1.56. The molecule has 0 amide bonds. The third kappa shape index (κ3) is 3.42. The van der Waals surface area contributed by atoms with E-state index < -0.39 is 7.82 Å². The van der Waals surface area contributed by atoms with E-state index in [0.29, 0.717) is 22.1 Å². The molecule has 0 saturated heterocycles. The van der Waals surface area contributed by atoms with Crippen LogP contribution >= 0.6 is 19.4 Å². The summed E-state index contributed by atoms with van der Waals surface area (Å²) in [5.41, 5.74) is 2.00. The average molecular weight is 443 g/mol. The van der Waals surface area contributed by atoms with Crippen molar-refractivity contribution in [3.8, 4) is 5.75 Å². The summed E-state index contributed by atoms with van der Waals surface area (Å²) < 4.78 is 30.3. The van der Waals surface area contributed by atoms with Gasteiger partial charge in [-0.15, -0.1) is 10.2 Å². The summed E-state index contributed by atoms with van der Waals surface area (Å²) in [6, 6.07) is 20.4. The highest BCUT2D eigenvalue weighted by Crippen LogP contribution is 2.45. The first-order chi connectivity index (χ1) is 14.6. The Kier molecular flexibility index (Phi) is 4.50. The summed E-state index contributed by atoms with van der Waals surface area (Å²) in [4.78, 5) is 1.93. The highest BCUT2D eigenvalue weighted by molar-refractivity contribution is 7.49. The van der Waals surface area contributed by atoms with Gasteiger partial charge >= 0.3 is 7.82 Å². The fourth-order valence-electron chi connectivity index (χ4n) is 2.69. The zero-order valence-electron chi connectivity index (χ0n) is 15.1. The van der Waals surface area contributed by atoms with Crippen LogP contribution in [0, 0.1) is 0 Å². The Morgan fingerprint density at radius 1 is 0.733 bits per heavy atom. The number of halogens is 1. The third-order valence-electron chi connectivity index (χ3n) is 4.04. The van der Waals surface area contributed by atoms with Gasteiger partial charge < -0.3 is 4.52 Å². The third-order valence-corrected chi connectivity index (χ3v) is 5.49. The standard InChI is InChI=1S/C18H12ClN6O4P/c19-13-7-1-6-12-18(13)27-30(26,28-24-16-10-4-2-8-14(16)20-22-24)29-25-17-11-5-3-9-15(17)21-23-25/h1-12H. The Labute approximate surface area is 174 Å². The van der Waals surface area contributed by atoms with Crippen LogP contribution in [-0.2, 0) is 4.57 Å². The SMILES string of the molecule is O=P(Oc1ccccc1Cl)(On1nnc2ccccc21)On1nnc2ccccc21. The van der Waals surface area contributed by atoms with Crippen LogP contribution in [0.4, 0.5) is 0 Å². The maximum absolute atomic E-state index is 13.7. The van der Waals surface area contributed by atoms with E-state index in [1.54, 1.807) is 66.7 Å². The van der Waals surface area contributed by atoms with Crippen LogP contribution < -0.4 is 13.8 Å². The van der Waals surface area contributed by atoms with E-state index in [9.17, 15) is 4.57 Å². The monoisotopic (exact) mass is 442 g/mol. The van der Waals surface area contributed by atoms with Gasteiger partial charge in [-0.2, -0.15) is 4.57 Å². The minimum absolute atomic E-state index is 0.0938. The van der Waals surface area contributed by atoms with Crippen LogP contribution in [0.25, 0.3) is 22.1 Å². The lowest BCUT2D eigenvalue weighted by atomic mass is 10.3. The van der Waals surface area contributed by atoms with Crippen molar-refractivity contribution < 1.29 is 18.3 Å². The van der Waals surface area contributed by atoms with Gasteiger partial charge in [-0.05, 0) is 46.8 Å². The number of benzene rings is 3. The van der Waals surface area contributed by atoms with Gasteiger partial charge in [0.15, 0.2) is 5.75 Å². The van der Waals surface area contributed by atoms with Crippen LogP contribution in [-0.4, -0.2) is 30.3 Å². The number of rotatable bonds is 6. The van der Waals surface area contributed by atoms with Crippen LogP contribution in [0.15, 0.2) is 72.8 Å². The number of aromatic nitrogens is 6. The molecule has 2 heterocycles. The molecule has 0 N–H and O–H groups in total. The normalized spacial score (nSPS) is 11.6. The second-order valence-electron chi connectivity index (χ2n) is 6.03. The summed E-state index contributed by atoms with van der Waals surface area (Å²) in [5.74, 6) is 0.0938. The fraction of sp³-hybridized carbons (Fsp3) is 0. The Morgan fingerprint density at radius 2 is 1.23 bits per heavy atom. The van der Waals surface area contributed by atoms with Gasteiger partial charge in [0, 0.05) is 0 Å². The number of phosphoric acid groups is 1. The average Bonchev–Trinajstić information content (AvgIpc) is 3.34. The molecular weight excluding hydrogens is 431 g/mol. The predicted molar refractivity (Wildman–Crippen MR) is 108 cm³/mol. The van der Waals surface area contributed by atoms with Gasteiger partial charge in [-0.3, -0.25) is 9.25 Å². The van der Waals surface area contributed by atoms with E-state index in [0.717, 1.165) is 9.69 Å².